The highest BCUT2D eigenvalue weighted by atomic mass is 79.9. The Morgan fingerprint density at radius 3 is 2.35 bits per heavy atom. The van der Waals surface area contributed by atoms with Crippen LogP contribution in [-0.2, 0) is 6.54 Å². The third-order valence-corrected chi connectivity index (χ3v) is 2.05. The molecule has 2 heterocycles. The molecule has 0 atom stereocenters. The van der Waals surface area contributed by atoms with Gasteiger partial charge >= 0.3 is 0 Å². The number of anilines is 2. The zero-order valence-electron chi connectivity index (χ0n) is 8.95. The highest BCUT2D eigenvalue weighted by Gasteiger charge is 2.07. The predicted octanol–water partition coefficient (Wildman–Crippen LogP) is -2.44. The molecule has 2 aromatic heterocycles. The Bertz CT molecular complexity index is 464. The summed E-state index contributed by atoms with van der Waals surface area (Å²) in [6.45, 7) is 0.646. The van der Waals surface area contributed by atoms with Gasteiger partial charge in [-0.25, -0.2) is 9.55 Å². The molecular weight excluding hydrogens is 350 g/mol. The molecule has 17 heavy (non-hydrogen) atoms. The Kier molecular flexibility index (Phi) is 6.67. The summed E-state index contributed by atoms with van der Waals surface area (Å²) in [7, 11) is 0. The van der Waals surface area contributed by atoms with Gasteiger partial charge in [0.25, 0.3) is 0 Å². The number of nitrogens with two attached hydrogens (primary N) is 2. The number of nitrogen functional groups attached to an aromatic ring is 2. The van der Waals surface area contributed by atoms with E-state index in [1.54, 1.807) is 6.20 Å². The lowest BCUT2D eigenvalue weighted by Crippen LogP contribution is -3.00. The van der Waals surface area contributed by atoms with Crippen molar-refractivity contribution in [3.63, 3.8) is 0 Å². The second-order valence-electron chi connectivity index (χ2n) is 3.19. The highest BCUT2D eigenvalue weighted by molar-refractivity contribution is 8.93. The van der Waals surface area contributed by atoms with Crippen molar-refractivity contribution in [1.29, 1.82) is 0 Å². The third-order valence-electron chi connectivity index (χ3n) is 2.05. The highest BCUT2D eigenvalue weighted by Crippen LogP contribution is 2.07. The zero-order chi connectivity index (χ0) is 10.7. The second-order valence-corrected chi connectivity index (χ2v) is 3.19. The van der Waals surface area contributed by atoms with Gasteiger partial charge in [0.2, 0.25) is 5.95 Å². The molecule has 7 heteroatoms. The average Bonchev–Trinajstić information content (AvgIpc) is 2.24. The smallest absolute Gasteiger partial charge is 0.221 e. The second kappa shape index (κ2) is 7.18. The molecule has 5 nitrogen and oxygen atoms in total. The van der Waals surface area contributed by atoms with E-state index in [-0.39, 0.29) is 39.9 Å². The average molecular weight is 363 g/mol. The van der Waals surface area contributed by atoms with Crippen molar-refractivity contribution in [1.82, 2.24) is 9.97 Å². The first-order valence-corrected chi connectivity index (χ1v) is 4.56. The molecule has 0 unspecified atom stereocenters. The number of nitrogens with zero attached hydrogens (tertiary/aromatic N) is 3. The van der Waals surface area contributed by atoms with Crippen molar-refractivity contribution in [3.05, 3.63) is 42.4 Å². The lowest BCUT2D eigenvalue weighted by molar-refractivity contribution is -0.688. The number of pyridine rings is 1. The normalized spacial score (nSPS) is 8.94. The maximum Gasteiger partial charge on any atom is 0.221 e. The summed E-state index contributed by atoms with van der Waals surface area (Å²) in [5.41, 5.74) is 12.0. The summed E-state index contributed by atoms with van der Waals surface area (Å²) in [6, 6.07) is 5.86. The summed E-state index contributed by atoms with van der Waals surface area (Å²) >= 11 is 0. The van der Waals surface area contributed by atoms with Crippen LogP contribution in [-0.4, -0.2) is 9.97 Å². The lowest BCUT2D eigenvalue weighted by atomic mass is 10.3. The molecule has 0 saturated heterocycles. The maximum absolute atomic E-state index is 5.72. The fraction of sp³-hybridized carbons (Fsp3) is 0.100. The Morgan fingerprint density at radius 1 is 1.12 bits per heavy atom. The third kappa shape index (κ3) is 4.27. The van der Waals surface area contributed by atoms with Crippen LogP contribution in [0.1, 0.15) is 5.56 Å². The van der Waals surface area contributed by atoms with Gasteiger partial charge in [-0.2, -0.15) is 4.98 Å². The van der Waals surface area contributed by atoms with Crippen LogP contribution in [0.4, 0.5) is 11.8 Å². The van der Waals surface area contributed by atoms with Crippen molar-refractivity contribution < 1.29 is 21.5 Å². The Hall–Kier alpha value is -1.21. The summed E-state index contributed by atoms with van der Waals surface area (Å²) in [5, 5.41) is 0. The predicted molar refractivity (Wildman–Crippen MR) is 66.9 cm³/mol. The number of rotatable bonds is 2. The maximum atomic E-state index is 5.72. The Balaban J connectivity index is 0.00000128. The van der Waals surface area contributed by atoms with Crippen molar-refractivity contribution in [2.45, 2.75) is 6.54 Å². The molecule has 0 aliphatic heterocycles. The van der Waals surface area contributed by atoms with Gasteiger partial charge in [-0.15, -0.1) is 17.0 Å². The van der Waals surface area contributed by atoms with Crippen LogP contribution >= 0.6 is 17.0 Å². The SMILES string of the molecule is Br.Nc1ncc(C[n+]2ccccc2)c(N)n1.[Br-]. The van der Waals surface area contributed by atoms with E-state index >= 15 is 0 Å². The molecular formula is C10H13Br2N5. The van der Waals surface area contributed by atoms with Gasteiger partial charge in [0, 0.05) is 18.3 Å². The van der Waals surface area contributed by atoms with Crippen LogP contribution in [0.2, 0.25) is 0 Å². The van der Waals surface area contributed by atoms with Crippen molar-refractivity contribution in [2.75, 3.05) is 11.5 Å². The lowest BCUT2D eigenvalue weighted by Gasteiger charge is -2.01. The molecule has 0 spiro atoms. The molecule has 4 N–H and O–H groups in total. The first kappa shape index (κ1) is 15.8. The van der Waals surface area contributed by atoms with Crippen LogP contribution in [0.5, 0.6) is 0 Å². The van der Waals surface area contributed by atoms with E-state index in [1.165, 1.54) is 0 Å². The molecule has 0 bridgehead atoms. The first-order valence-electron chi connectivity index (χ1n) is 4.56. The molecule has 0 amide bonds. The fourth-order valence-corrected chi connectivity index (χ4v) is 1.29. The molecule has 0 aliphatic rings. The van der Waals surface area contributed by atoms with E-state index in [4.69, 9.17) is 11.5 Å². The van der Waals surface area contributed by atoms with Crippen molar-refractivity contribution >= 4 is 28.7 Å². The molecule has 2 rings (SSSR count). The van der Waals surface area contributed by atoms with E-state index in [9.17, 15) is 0 Å². The van der Waals surface area contributed by atoms with Gasteiger partial charge in [0.1, 0.15) is 5.82 Å². The number of halogens is 2. The van der Waals surface area contributed by atoms with E-state index in [1.807, 2.05) is 35.2 Å². The molecule has 2 aromatic rings. The fourth-order valence-electron chi connectivity index (χ4n) is 1.29. The Labute approximate surface area is 120 Å². The van der Waals surface area contributed by atoms with Crippen molar-refractivity contribution in [2.24, 2.45) is 0 Å². The van der Waals surface area contributed by atoms with E-state index in [0.717, 1.165) is 5.56 Å². The minimum absolute atomic E-state index is 0. The molecule has 0 aliphatic carbocycles. The molecule has 0 radical (unpaired) electrons. The molecule has 92 valence electrons. The van der Waals surface area contributed by atoms with Crippen LogP contribution in [0, 0.1) is 0 Å². The summed E-state index contributed by atoms with van der Waals surface area (Å²) < 4.78 is 1.99. The standard InChI is InChI=1S/C10H12N5.2BrH/c11-9-8(6-13-10(12)14-9)7-15-4-2-1-3-5-15;;/h1-6H,7H2,(H4,11,12,13,14);2*1H/q+1;;/p-1. The van der Waals surface area contributed by atoms with Crippen LogP contribution in [0.3, 0.4) is 0 Å². The summed E-state index contributed by atoms with van der Waals surface area (Å²) in [6.07, 6.45) is 5.56. The molecule has 0 saturated carbocycles. The minimum Gasteiger partial charge on any atom is -1.00 e. The Morgan fingerprint density at radius 2 is 1.76 bits per heavy atom. The number of hydrogen-bond donors (Lipinski definition) is 2. The molecule has 0 aromatic carbocycles. The van der Waals surface area contributed by atoms with Gasteiger partial charge in [-0.05, 0) is 0 Å². The molecule has 0 fully saturated rings. The number of aromatic nitrogens is 3. The van der Waals surface area contributed by atoms with E-state index in [2.05, 4.69) is 9.97 Å². The zero-order valence-corrected chi connectivity index (χ0v) is 12.3. The van der Waals surface area contributed by atoms with Crippen LogP contribution in [0.25, 0.3) is 0 Å². The first-order chi connectivity index (χ1) is 7.25. The van der Waals surface area contributed by atoms with Gasteiger partial charge < -0.3 is 28.4 Å². The monoisotopic (exact) mass is 361 g/mol. The quantitative estimate of drug-likeness (QED) is 0.581. The largest absolute Gasteiger partial charge is 1.00 e. The summed E-state index contributed by atoms with van der Waals surface area (Å²) in [4.78, 5) is 7.81. The topological polar surface area (TPSA) is 81.7 Å². The van der Waals surface area contributed by atoms with E-state index < -0.39 is 0 Å². The summed E-state index contributed by atoms with van der Waals surface area (Å²) in [5.74, 6) is 0.633. The van der Waals surface area contributed by atoms with Gasteiger partial charge in [0.05, 0.1) is 5.56 Å². The van der Waals surface area contributed by atoms with Crippen LogP contribution < -0.4 is 33.0 Å². The number of hydrogen-bond acceptors (Lipinski definition) is 4. The minimum atomic E-state index is 0. The van der Waals surface area contributed by atoms with Gasteiger partial charge in [0.15, 0.2) is 18.9 Å². The van der Waals surface area contributed by atoms with Crippen molar-refractivity contribution in [3.8, 4) is 0 Å². The van der Waals surface area contributed by atoms with Gasteiger partial charge in [-0.3, -0.25) is 0 Å². The van der Waals surface area contributed by atoms with Gasteiger partial charge in [-0.1, -0.05) is 6.07 Å². The van der Waals surface area contributed by atoms with Crippen LogP contribution in [0.15, 0.2) is 36.8 Å². The van der Waals surface area contributed by atoms with E-state index in [0.29, 0.717) is 12.4 Å².